The molecule has 5 aromatic carbocycles. The number of ether oxygens (including phenoxy) is 2. The monoisotopic (exact) mass is 959 g/mol. The second-order valence-corrected chi connectivity index (χ2v) is 21.2. The van der Waals surface area contributed by atoms with E-state index in [1.54, 1.807) is 24.3 Å². The van der Waals surface area contributed by atoms with Gasteiger partial charge in [0.1, 0.15) is 17.2 Å². The number of rotatable bonds is 13. The number of nitrogens with one attached hydrogen (secondary N) is 3. The maximum Gasteiger partial charge on any atom is 0.293 e. The van der Waals surface area contributed by atoms with E-state index in [1.807, 2.05) is 36.5 Å². The summed E-state index contributed by atoms with van der Waals surface area (Å²) in [6, 6.07) is 31.4. The first-order valence-corrected chi connectivity index (χ1v) is 25.2. The Kier molecular flexibility index (Phi) is 13.8. The molecule has 0 radical (unpaired) electrons. The van der Waals surface area contributed by atoms with Gasteiger partial charge in [0.2, 0.25) is 0 Å². The SMILES string of the molecule is CC(C)(C)c1ccc(CN2CCN(c3ccc(C(=O)NS(=O)(=O)c4ccc(NC5CCN(C6CCOCC6)CC5)c([N+](=O)[O-])c4)c(Oc4ccc5[nH]ccc5c4)c3)CC2)c(-c2ccc(Cl)cc2)c1. The van der Waals surface area contributed by atoms with Crippen LogP contribution >= 0.6 is 11.6 Å². The molecule has 9 rings (SSSR count). The van der Waals surface area contributed by atoms with E-state index in [0.29, 0.717) is 29.9 Å². The minimum Gasteiger partial charge on any atom is -0.456 e. The zero-order valence-corrected chi connectivity index (χ0v) is 40.2. The molecule has 14 nitrogen and oxygen atoms in total. The van der Waals surface area contributed by atoms with Crippen molar-refractivity contribution in [2.75, 3.05) is 62.7 Å². The fourth-order valence-corrected chi connectivity index (χ4v) is 10.7. The molecule has 3 aliphatic rings. The summed E-state index contributed by atoms with van der Waals surface area (Å²) in [7, 11) is -4.57. The third kappa shape index (κ3) is 10.8. The molecule has 3 N–H and O–H groups in total. The Labute approximate surface area is 402 Å². The van der Waals surface area contributed by atoms with Gasteiger partial charge in [-0.05, 0) is 114 Å². The van der Waals surface area contributed by atoms with Gasteiger partial charge in [-0.1, -0.05) is 62.7 Å². The first-order chi connectivity index (χ1) is 32.7. The minimum atomic E-state index is -4.57. The zero-order valence-electron chi connectivity index (χ0n) is 38.7. The molecule has 0 atom stereocenters. The van der Waals surface area contributed by atoms with Crippen molar-refractivity contribution < 1.29 is 27.6 Å². The maximum absolute atomic E-state index is 14.1. The van der Waals surface area contributed by atoms with Crippen LogP contribution in [-0.2, 0) is 26.7 Å². The van der Waals surface area contributed by atoms with E-state index in [2.05, 4.69) is 80.8 Å². The van der Waals surface area contributed by atoms with E-state index in [1.165, 1.54) is 28.8 Å². The summed E-state index contributed by atoms with van der Waals surface area (Å²) in [5, 5.41) is 17.2. The fourth-order valence-electron chi connectivity index (χ4n) is 9.55. The Morgan fingerprint density at radius 2 is 1.62 bits per heavy atom. The van der Waals surface area contributed by atoms with E-state index >= 15 is 0 Å². The number of aromatic nitrogens is 1. The molecule has 6 aromatic rings. The number of nitrogens with zero attached hydrogens (tertiary/aromatic N) is 4. The summed E-state index contributed by atoms with van der Waals surface area (Å²) in [4.78, 5) is 35.7. The van der Waals surface area contributed by atoms with Crippen molar-refractivity contribution in [3.63, 3.8) is 0 Å². The highest BCUT2D eigenvalue weighted by Gasteiger charge is 2.30. The standard InChI is InChI=1S/C52H58ClN7O7S/c1-52(2,3)38-7-4-37(46(31-38)35-5-8-39(53)9-6-35)34-57-24-26-59(27-25-57)42-10-13-45(50(32-42)67-43-11-14-47-36(30-43)16-21-54-47)51(61)56-68(64,65)44-12-15-48(49(33-44)60(62)63)55-40-17-22-58(23-18-40)41-19-28-66-29-20-41/h4-16,21,30-33,40-41,54-55H,17-20,22-29,34H2,1-3H3,(H,56,61). The lowest BCUT2D eigenvalue weighted by Crippen LogP contribution is -2.46. The summed E-state index contributed by atoms with van der Waals surface area (Å²) in [5.41, 5.74) is 6.33. The quantitative estimate of drug-likeness (QED) is 0.0746. The van der Waals surface area contributed by atoms with Gasteiger partial charge in [-0.3, -0.25) is 19.8 Å². The molecule has 3 saturated heterocycles. The number of piperazine rings is 1. The number of nitro benzene ring substituents is 1. The third-order valence-electron chi connectivity index (χ3n) is 13.5. The molecule has 356 valence electrons. The van der Waals surface area contributed by atoms with Crippen LogP contribution in [0.15, 0.2) is 114 Å². The average molecular weight is 961 g/mol. The molecule has 1 aromatic heterocycles. The van der Waals surface area contributed by atoms with Crippen LogP contribution < -0.4 is 19.7 Å². The van der Waals surface area contributed by atoms with Gasteiger partial charge in [0.15, 0.2) is 0 Å². The van der Waals surface area contributed by atoms with Gasteiger partial charge in [-0.15, -0.1) is 0 Å². The maximum atomic E-state index is 14.1. The van der Waals surface area contributed by atoms with E-state index in [-0.39, 0.29) is 34.1 Å². The smallest absolute Gasteiger partial charge is 0.293 e. The Bertz CT molecular complexity index is 2900. The Balaban J connectivity index is 0.910. The largest absolute Gasteiger partial charge is 0.456 e. The predicted molar refractivity (Wildman–Crippen MR) is 268 cm³/mol. The number of likely N-dealkylation sites (tertiary alicyclic amines) is 1. The molecule has 3 fully saturated rings. The average Bonchev–Trinajstić information content (AvgIpc) is 3.80. The van der Waals surface area contributed by atoms with Gasteiger partial charge in [-0.25, -0.2) is 13.1 Å². The van der Waals surface area contributed by atoms with Crippen LogP contribution in [0.3, 0.4) is 0 Å². The van der Waals surface area contributed by atoms with Crippen molar-refractivity contribution in [1.82, 2.24) is 19.5 Å². The van der Waals surface area contributed by atoms with Gasteiger partial charge in [-0.2, -0.15) is 0 Å². The molecule has 4 heterocycles. The van der Waals surface area contributed by atoms with Crippen LogP contribution in [0.4, 0.5) is 17.1 Å². The Morgan fingerprint density at radius 3 is 2.34 bits per heavy atom. The van der Waals surface area contributed by atoms with Crippen LogP contribution in [0.25, 0.3) is 22.0 Å². The highest BCUT2D eigenvalue weighted by atomic mass is 35.5. The molecule has 0 spiro atoms. The molecule has 1 amide bonds. The molecule has 0 bridgehead atoms. The number of aromatic amines is 1. The number of fused-ring (bicyclic) bond motifs is 1. The number of sulfonamides is 1. The lowest BCUT2D eigenvalue weighted by molar-refractivity contribution is -0.384. The van der Waals surface area contributed by atoms with Gasteiger partial charge < -0.3 is 29.6 Å². The number of carbonyl (C=O) groups is 1. The van der Waals surface area contributed by atoms with Crippen LogP contribution in [0.2, 0.25) is 5.02 Å². The molecule has 3 aliphatic heterocycles. The minimum absolute atomic E-state index is 0.0104. The number of hydrogen-bond acceptors (Lipinski definition) is 11. The molecular weight excluding hydrogens is 902 g/mol. The summed E-state index contributed by atoms with van der Waals surface area (Å²) in [5.74, 6) is -0.320. The van der Waals surface area contributed by atoms with E-state index < -0.39 is 25.7 Å². The third-order valence-corrected chi connectivity index (χ3v) is 15.1. The lowest BCUT2D eigenvalue weighted by Gasteiger charge is -2.39. The molecular formula is C52H58ClN7O7S. The van der Waals surface area contributed by atoms with Crippen molar-refractivity contribution >= 4 is 55.5 Å². The van der Waals surface area contributed by atoms with Gasteiger partial charge >= 0.3 is 0 Å². The first kappa shape index (κ1) is 47.1. The number of benzene rings is 5. The molecule has 0 unspecified atom stereocenters. The predicted octanol–water partition coefficient (Wildman–Crippen LogP) is 9.98. The topological polar surface area (TPSA) is 162 Å². The molecule has 0 aliphatic carbocycles. The van der Waals surface area contributed by atoms with Crippen molar-refractivity contribution in [1.29, 1.82) is 0 Å². The summed E-state index contributed by atoms with van der Waals surface area (Å²) in [6.45, 7) is 13.6. The second-order valence-electron chi connectivity index (χ2n) is 19.1. The summed E-state index contributed by atoms with van der Waals surface area (Å²) < 4.78 is 41.8. The van der Waals surface area contributed by atoms with E-state index in [4.69, 9.17) is 21.1 Å². The highest BCUT2D eigenvalue weighted by Crippen LogP contribution is 2.36. The molecule has 16 heteroatoms. The highest BCUT2D eigenvalue weighted by molar-refractivity contribution is 7.90. The number of piperidine rings is 1. The normalized spacial score (nSPS) is 17.0. The van der Waals surface area contributed by atoms with Crippen LogP contribution in [0.1, 0.15) is 67.9 Å². The number of amides is 1. The molecule has 68 heavy (non-hydrogen) atoms. The van der Waals surface area contributed by atoms with Gasteiger partial charge in [0.25, 0.3) is 21.6 Å². The second kappa shape index (κ2) is 19.9. The Morgan fingerprint density at radius 1 is 0.868 bits per heavy atom. The fraction of sp³-hybridized carbons (Fsp3) is 0.365. The number of anilines is 2. The van der Waals surface area contributed by atoms with Crippen molar-refractivity contribution in [3.05, 3.63) is 141 Å². The molecule has 0 saturated carbocycles. The van der Waals surface area contributed by atoms with E-state index in [0.717, 1.165) is 99.8 Å². The number of nitro groups is 1. The van der Waals surface area contributed by atoms with Crippen LogP contribution in [0, 0.1) is 10.1 Å². The van der Waals surface area contributed by atoms with Crippen molar-refractivity contribution in [2.45, 2.75) is 75.4 Å². The first-order valence-electron chi connectivity index (χ1n) is 23.4. The summed E-state index contributed by atoms with van der Waals surface area (Å²) >= 11 is 6.27. The number of halogens is 1. The van der Waals surface area contributed by atoms with Crippen molar-refractivity contribution in [2.24, 2.45) is 0 Å². The number of carbonyl (C=O) groups excluding carboxylic acids is 1. The van der Waals surface area contributed by atoms with E-state index in [9.17, 15) is 23.3 Å². The number of H-pyrrole nitrogens is 1. The van der Waals surface area contributed by atoms with Crippen LogP contribution in [0.5, 0.6) is 11.5 Å². The Hall–Kier alpha value is -5.97. The number of hydrogen-bond donors (Lipinski definition) is 3. The summed E-state index contributed by atoms with van der Waals surface area (Å²) in [6.07, 6.45) is 5.41. The lowest BCUT2D eigenvalue weighted by atomic mass is 9.84. The van der Waals surface area contributed by atoms with Crippen LogP contribution in [-0.4, -0.2) is 98.6 Å². The van der Waals surface area contributed by atoms with Gasteiger partial charge in [0.05, 0.1) is 15.4 Å². The van der Waals surface area contributed by atoms with Crippen molar-refractivity contribution in [3.8, 4) is 22.6 Å². The zero-order chi connectivity index (χ0) is 47.6. The van der Waals surface area contributed by atoms with Gasteiger partial charge in [0, 0.05) is 111 Å².